The van der Waals surface area contributed by atoms with Gasteiger partial charge in [-0.05, 0) is 76.6 Å². The van der Waals surface area contributed by atoms with Crippen molar-refractivity contribution in [3.8, 4) is 44.5 Å². The Morgan fingerprint density at radius 2 is 1.17 bits per heavy atom. The number of rotatable bonds is 2. The van der Waals surface area contributed by atoms with E-state index in [-0.39, 0.29) is 11.7 Å². The molecule has 0 radical (unpaired) electrons. The molecule has 0 bridgehead atoms. The lowest BCUT2D eigenvalue weighted by molar-refractivity contribution is 0.0206. The first kappa shape index (κ1) is 26.4. The molecular formula is C32H24N6O2S2. The van der Waals surface area contributed by atoms with Crippen molar-refractivity contribution in [3.05, 3.63) is 58.2 Å². The molecule has 8 nitrogen and oxygen atoms in total. The van der Waals surface area contributed by atoms with E-state index in [1.165, 1.54) is 35.5 Å². The number of hydrogen-bond acceptors (Lipinski definition) is 8. The van der Waals surface area contributed by atoms with Crippen LogP contribution in [-0.4, -0.2) is 11.7 Å². The maximum atomic E-state index is 9.30. The second kappa shape index (κ2) is 10.1. The van der Waals surface area contributed by atoms with Crippen LogP contribution in [0.5, 0.6) is 11.5 Å². The summed E-state index contributed by atoms with van der Waals surface area (Å²) in [6, 6.07) is 12.1. The first-order chi connectivity index (χ1) is 20.5. The molecule has 3 aromatic rings. The van der Waals surface area contributed by atoms with Crippen LogP contribution in [0.4, 0.5) is 10.0 Å². The Labute approximate surface area is 251 Å². The largest absolute Gasteiger partial charge is 0.635 e. The Kier molecular flexibility index (Phi) is 6.36. The number of hydrogen-bond donors (Lipinski definition) is 0. The van der Waals surface area contributed by atoms with Crippen molar-refractivity contribution < 1.29 is 9.47 Å². The molecule has 2 aromatic heterocycles. The van der Waals surface area contributed by atoms with Gasteiger partial charge in [0.05, 0.1) is 15.8 Å². The SMILES string of the molecule is [C-]#[N+]C(=Nc1cc2c(s1)-c1cc3c(cc1C1(CCCCC1)O2)-c1sc(N=C(C#N)C#N)cc1OC31CCCCC1)[N+]#[C-]. The molecule has 0 unspecified atom stereocenters. The summed E-state index contributed by atoms with van der Waals surface area (Å²) >= 11 is 2.90. The van der Waals surface area contributed by atoms with Gasteiger partial charge in [0.25, 0.3) is 5.00 Å². The van der Waals surface area contributed by atoms with E-state index in [1.54, 1.807) is 0 Å². The van der Waals surface area contributed by atoms with Gasteiger partial charge in [-0.15, -0.1) is 11.3 Å². The van der Waals surface area contributed by atoms with Gasteiger partial charge in [0.15, 0.2) is 0 Å². The Morgan fingerprint density at radius 3 is 1.60 bits per heavy atom. The molecule has 10 heteroatoms. The van der Waals surface area contributed by atoms with Gasteiger partial charge in [-0.1, -0.05) is 24.2 Å². The average molecular weight is 589 g/mol. The second-order valence-electron chi connectivity index (χ2n) is 11.1. The van der Waals surface area contributed by atoms with Crippen LogP contribution < -0.4 is 9.47 Å². The fourth-order valence-electron chi connectivity index (χ4n) is 6.97. The van der Waals surface area contributed by atoms with Crippen molar-refractivity contribution in [2.24, 2.45) is 9.98 Å². The maximum absolute atomic E-state index is 9.30. The molecule has 7 rings (SSSR count). The molecule has 206 valence electrons. The van der Waals surface area contributed by atoms with E-state index in [0.29, 0.717) is 10.0 Å². The van der Waals surface area contributed by atoms with E-state index >= 15 is 0 Å². The highest BCUT2D eigenvalue weighted by atomic mass is 32.1. The first-order valence-electron chi connectivity index (χ1n) is 14.1. The first-order valence-corrected chi connectivity index (χ1v) is 15.7. The molecule has 4 aliphatic rings. The molecule has 1 aromatic carbocycles. The van der Waals surface area contributed by atoms with Crippen LogP contribution in [0.2, 0.25) is 0 Å². The van der Waals surface area contributed by atoms with E-state index in [4.69, 9.17) is 22.6 Å². The van der Waals surface area contributed by atoms with E-state index in [2.05, 4.69) is 31.8 Å². The molecule has 0 N–H and O–H groups in total. The molecule has 2 fully saturated rings. The third-order valence-electron chi connectivity index (χ3n) is 8.78. The third kappa shape index (κ3) is 4.11. The average Bonchev–Trinajstić information content (AvgIpc) is 3.62. The number of thiophene rings is 2. The van der Waals surface area contributed by atoms with Crippen molar-refractivity contribution in [3.63, 3.8) is 0 Å². The lowest BCUT2D eigenvalue weighted by Crippen LogP contribution is -2.40. The monoisotopic (exact) mass is 588 g/mol. The summed E-state index contributed by atoms with van der Waals surface area (Å²) in [4.78, 5) is 17.1. The molecule has 2 saturated carbocycles. The van der Waals surface area contributed by atoms with Crippen LogP contribution in [0.1, 0.15) is 75.3 Å². The highest BCUT2D eigenvalue weighted by molar-refractivity contribution is 7.20. The minimum absolute atomic E-state index is 0.176. The number of aliphatic imine (C=N–C) groups is 2. The number of nitrogens with zero attached hydrogens (tertiary/aromatic N) is 6. The van der Waals surface area contributed by atoms with E-state index in [1.807, 2.05) is 24.3 Å². The summed E-state index contributed by atoms with van der Waals surface area (Å²) in [6.07, 6.45) is 10.2. The molecule has 2 spiro atoms. The van der Waals surface area contributed by atoms with Gasteiger partial charge in [0.2, 0.25) is 5.71 Å². The van der Waals surface area contributed by atoms with E-state index in [0.717, 1.165) is 94.9 Å². The van der Waals surface area contributed by atoms with Gasteiger partial charge in [-0.3, -0.25) is 0 Å². The summed E-state index contributed by atoms with van der Waals surface area (Å²) in [5.74, 6) is 1.32. The molecule has 4 heterocycles. The van der Waals surface area contributed by atoms with E-state index in [9.17, 15) is 10.5 Å². The minimum atomic E-state index is -0.469. The van der Waals surface area contributed by atoms with Gasteiger partial charge in [0, 0.05) is 33.3 Å². The van der Waals surface area contributed by atoms with Crippen molar-refractivity contribution in [2.45, 2.75) is 75.4 Å². The fourth-order valence-corrected chi connectivity index (χ4v) is 8.94. The zero-order valence-corrected chi connectivity index (χ0v) is 24.3. The van der Waals surface area contributed by atoms with Crippen LogP contribution in [0.3, 0.4) is 0 Å². The molecule has 0 amide bonds. The summed E-state index contributed by atoms with van der Waals surface area (Å²) in [5.41, 5.74) is 3.45. The number of ether oxygens (including phenoxy) is 2. The molecular weight excluding hydrogens is 565 g/mol. The molecule has 0 atom stereocenters. The van der Waals surface area contributed by atoms with Crippen molar-refractivity contribution >= 4 is 44.3 Å². The summed E-state index contributed by atoms with van der Waals surface area (Å²) in [6.45, 7) is 14.6. The second-order valence-corrected chi connectivity index (χ2v) is 13.2. The smallest absolute Gasteiger partial charge is 0.481 e. The van der Waals surface area contributed by atoms with Crippen molar-refractivity contribution in [1.29, 1.82) is 10.5 Å². The number of guanidine groups is 1. The van der Waals surface area contributed by atoms with Gasteiger partial charge in [-0.25, -0.2) is 14.7 Å². The molecule has 0 saturated heterocycles. The van der Waals surface area contributed by atoms with Crippen LogP contribution in [0.15, 0.2) is 34.3 Å². The number of fused-ring (bicyclic) bond motifs is 8. The van der Waals surface area contributed by atoms with Gasteiger partial charge in [0.1, 0.15) is 39.8 Å². The molecule has 42 heavy (non-hydrogen) atoms. The maximum Gasteiger partial charge on any atom is 0.635 e. The molecule has 2 aliphatic carbocycles. The highest BCUT2D eigenvalue weighted by Gasteiger charge is 2.48. The van der Waals surface area contributed by atoms with Gasteiger partial charge < -0.3 is 9.47 Å². The summed E-state index contributed by atoms with van der Waals surface area (Å²) < 4.78 is 13.8. The van der Waals surface area contributed by atoms with Crippen LogP contribution in [0, 0.1) is 35.8 Å². The van der Waals surface area contributed by atoms with Crippen molar-refractivity contribution in [1.82, 2.24) is 0 Å². The normalized spacial score (nSPS) is 18.2. The lowest BCUT2D eigenvalue weighted by Gasteiger charge is -2.45. The lowest BCUT2D eigenvalue weighted by atomic mass is 9.71. The van der Waals surface area contributed by atoms with Gasteiger partial charge >= 0.3 is 5.96 Å². The quantitative estimate of drug-likeness (QED) is 0.169. The predicted octanol–water partition coefficient (Wildman–Crippen LogP) is 9.19. The van der Waals surface area contributed by atoms with Crippen LogP contribution in [0.25, 0.3) is 30.6 Å². The summed E-state index contributed by atoms with van der Waals surface area (Å²) in [5, 5.41) is 19.8. The standard InChI is InChI=1S/C32H24N6O2S2/c1-35-30(36-2)38-27-16-25-29(42-27)21-14-22-20(13-23(21)32(40-25)11-7-4-8-12-32)28-24(39-31(22)9-5-3-6-10-31)15-26(41-28)37-19(17-33)18-34/h13-16H,3-12H2. The minimum Gasteiger partial charge on any atom is -0.481 e. The topological polar surface area (TPSA) is 99.5 Å². The fraction of sp³-hybridized carbons (Fsp3) is 0.375. The zero-order chi connectivity index (χ0) is 28.9. The zero-order valence-electron chi connectivity index (χ0n) is 22.7. The molecule has 2 aliphatic heterocycles. The Bertz CT molecular complexity index is 1690. The highest BCUT2D eigenvalue weighted by Crippen LogP contribution is 2.61. The van der Waals surface area contributed by atoms with Gasteiger partial charge in [-0.2, -0.15) is 10.5 Å². The van der Waals surface area contributed by atoms with Crippen molar-refractivity contribution in [2.75, 3.05) is 0 Å². The number of benzene rings is 1. The third-order valence-corrected chi connectivity index (χ3v) is 10.9. The van der Waals surface area contributed by atoms with E-state index < -0.39 is 11.2 Å². The van der Waals surface area contributed by atoms with Crippen LogP contribution >= 0.6 is 22.7 Å². The van der Waals surface area contributed by atoms with Crippen LogP contribution in [-0.2, 0) is 11.2 Å². The Morgan fingerprint density at radius 1 is 0.714 bits per heavy atom. The Hall–Kier alpha value is -4.48. The number of nitriles is 2. The summed E-state index contributed by atoms with van der Waals surface area (Å²) in [7, 11) is 0. The Balaban J connectivity index is 1.47. The predicted molar refractivity (Wildman–Crippen MR) is 162 cm³/mol.